The van der Waals surface area contributed by atoms with Gasteiger partial charge in [-0.2, -0.15) is 32.8 Å². The number of halogens is 3. The van der Waals surface area contributed by atoms with Gasteiger partial charge in [0.25, 0.3) is 0 Å². The standard InChI is InChI=1S/C34H43F3N8O4S/c1-46-26-11-9-24(10-12-26)21-43(22-29-39-30-27(7-6-8-28(30)47-2)44(29)23-49-17-18-50(3,4)5)33-41-32(42-13-15-48-16-14-42)40-31-25(19-34(35,36)37)20-38-45(31)33/h6-12,20H,13-19,21-23H2,1-5H3. The number of morpholine rings is 1. The second-order valence-electron chi connectivity index (χ2n) is 12.9. The summed E-state index contributed by atoms with van der Waals surface area (Å²) in [5, 5.41) is 4.41. The molecule has 0 aliphatic carbocycles. The summed E-state index contributed by atoms with van der Waals surface area (Å²) in [6.07, 6.45) is 2.35. The fourth-order valence-electron chi connectivity index (χ4n) is 5.73. The monoisotopic (exact) mass is 716 g/mol. The van der Waals surface area contributed by atoms with E-state index in [-0.39, 0.29) is 24.5 Å². The average Bonchev–Trinajstić information content (AvgIpc) is 3.65. The van der Waals surface area contributed by atoms with Crippen LogP contribution in [0.2, 0.25) is 0 Å². The molecule has 0 N–H and O–H groups in total. The van der Waals surface area contributed by atoms with E-state index < -0.39 is 22.6 Å². The molecule has 0 atom stereocenters. The van der Waals surface area contributed by atoms with Crippen LogP contribution in [0, 0.1) is 0 Å². The van der Waals surface area contributed by atoms with Crippen LogP contribution in [0.25, 0.3) is 16.7 Å². The molecule has 0 spiro atoms. The fourth-order valence-corrected chi connectivity index (χ4v) is 6.35. The van der Waals surface area contributed by atoms with Gasteiger partial charge in [-0.15, -0.1) is 0 Å². The van der Waals surface area contributed by atoms with Crippen LogP contribution in [-0.4, -0.2) is 107 Å². The lowest BCUT2D eigenvalue weighted by atomic mass is 10.2. The van der Waals surface area contributed by atoms with Crippen molar-refractivity contribution >= 4 is 38.6 Å². The van der Waals surface area contributed by atoms with Crippen molar-refractivity contribution in [3.8, 4) is 11.5 Å². The van der Waals surface area contributed by atoms with E-state index in [1.807, 2.05) is 56.8 Å². The summed E-state index contributed by atoms with van der Waals surface area (Å²) in [5.41, 5.74) is 2.48. The highest BCUT2D eigenvalue weighted by Crippen LogP contribution is 2.34. The summed E-state index contributed by atoms with van der Waals surface area (Å²) in [6, 6.07) is 13.3. The molecular formula is C34H43F3N8O4S. The molecule has 16 heteroatoms. The highest BCUT2D eigenvalue weighted by molar-refractivity contribution is 8.32. The lowest BCUT2D eigenvalue weighted by molar-refractivity contribution is -0.127. The van der Waals surface area contributed by atoms with Crippen LogP contribution < -0.4 is 19.3 Å². The quantitative estimate of drug-likeness (QED) is 0.141. The van der Waals surface area contributed by atoms with Crippen LogP contribution in [0.4, 0.5) is 25.1 Å². The van der Waals surface area contributed by atoms with Crippen molar-refractivity contribution in [3.63, 3.8) is 0 Å². The van der Waals surface area contributed by atoms with Crippen molar-refractivity contribution in [3.05, 3.63) is 65.6 Å². The zero-order valence-electron chi connectivity index (χ0n) is 28.9. The molecule has 1 saturated heterocycles. The maximum Gasteiger partial charge on any atom is 0.393 e. The molecule has 0 radical (unpaired) electrons. The normalized spacial score (nSPS) is 14.4. The summed E-state index contributed by atoms with van der Waals surface area (Å²) >= 11 is 0. The Labute approximate surface area is 290 Å². The van der Waals surface area contributed by atoms with Crippen LogP contribution in [0.1, 0.15) is 17.0 Å². The van der Waals surface area contributed by atoms with E-state index in [1.165, 1.54) is 10.7 Å². The zero-order valence-corrected chi connectivity index (χ0v) is 29.8. The number of alkyl halides is 3. The Morgan fingerprint density at radius 1 is 0.940 bits per heavy atom. The molecule has 0 unspecified atom stereocenters. The Morgan fingerprint density at radius 2 is 1.70 bits per heavy atom. The Kier molecular flexibility index (Phi) is 10.6. The highest BCUT2D eigenvalue weighted by atomic mass is 32.3. The van der Waals surface area contributed by atoms with E-state index in [9.17, 15) is 13.2 Å². The first-order chi connectivity index (χ1) is 23.9. The number of para-hydroxylation sites is 1. The molecule has 270 valence electrons. The van der Waals surface area contributed by atoms with Gasteiger partial charge in [0.15, 0.2) is 5.65 Å². The molecule has 5 aromatic rings. The van der Waals surface area contributed by atoms with E-state index >= 15 is 0 Å². The van der Waals surface area contributed by atoms with E-state index in [1.54, 1.807) is 14.2 Å². The van der Waals surface area contributed by atoms with Crippen LogP contribution in [0.5, 0.6) is 11.5 Å². The molecule has 2 aromatic carbocycles. The molecule has 6 rings (SSSR count). The minimum atomic E-state index is -4.45. The number of ether oxygens (including phenoxy) is 4. The van der Waals surface area contributed by atoms with Gasteiger partial charge >= 0.3 is 6.18 Å². The van der Waals surface area contributed by atoms with Gasteiger partial charge in [0, 0.05) is 31.0 Å². The van der Waals surface area contributed by atoms with Crippen molar-refractivity contribution in [1.29, 1.82) is 0 Å². The molecule has 3 aromatic heterocycles. The number of fused-ring (bicyclic) bond motifs is 2. The lowest BCUT2D eigenvalue weighted by Gasteiger charge is -2.29. The third-order valence-corrected chi connectivity index (χ3v) is 9.74. The first-order valence-corrected chi connectivity index (χ1v) is 19.2. The predicted molar refractivity (Wildman–Crippen MR) is 189 cm³/mol. The summed E-state index contributed by atoms with van der Waals surface area (Å²) in [7, 11) is 2.45. The molecule has 0 saturated carbocycles. The van der Waals surface area contributed by atoms with Gasteiger partial charge in [0.2, 0.25) is 11.9 Å². The number of hydrogen-bond acceptors (Lipinski definition) is 10. The van der Waals surface area contributed by atoms with Crippen molar-refractivity contribution < 1.29 is 32.1 Å². The highest BCUT2D eigenvalue weighted by Gasteiger charge is 2.32. The summed E-state index contributed by atoms with van der Waals surface area (Å²) in [6.45, 7) is 3.28. The SMILES string of the molecule is COc1ccc(CN(Cc2nc3c(OC)cccc3n2COCCS(C)(C)C)c2nc(N3CCOCC3)nc3c(CC(F)(F)F)cnn23)cc1. The molecule has 4 heterocycles. The van der Waals surface area contributed by atoms with Gasteiger partial charge < -0.3 is 33.3 Å². The predicted octanol–water partition coefficient (Wildman–Crippen LogP) is 5.31. The Bertz CT molecular complexity index is 1900. The number of imidazole rings is 1. The Hall–Kier alpha value is -4.28. The van der Waals surface area contributed by atoms with E-state index in [0.717, 1.165) is 16.8 Å². The minimum absolute atomic E-state index is 0.0357. The largest absolute Gasteiger partial charge is 0.497 e. The van der Waals surface area contributed by atoms with Gasteiger partial charge in [-0.25, -0.2) is 15.0 Å². The van der Waals surface area contributed by atoms with Crippen LogP contribution in [0.3, 0.4) is 0 Å². The molecule has 0 bridgehead atoms. The van der Waals surface area contributed by atoms with E-state index in [4.69, 9.17) is 28.9 Å². The van der Waals surface area contributed by atoms with Crippen molar-refractivity contribution in [2.24, 2.45) is 0 Å². The zero-order chi connectivity index (χ0) is 35.5. The number of rotatable bonds is 14. The maximum atomic E-state index is 13.7. The first kappa shape index (κ1) is 35.5. The number of hydrogen-bond donors (Lipinski definition) is 0. The third kappa shape index (κ3) is 8.36. The van der Waals surface area contributed by atoms with Crippen molar-refractivity contribution in [2.75, 3.05) is 81.4 Å². The molecule has 1 fully saturated rings. The molecule has 1 aliphatic heterocycles. The van der Waals surface area contributed by atoms with Crippen LogP contribution in [0.15, 0.2) is 48.7 Å². The minimum Gasteiger partial charge on any atom is -0.497 e. The van der Waals surface area contributed by atoms with Gasteiger partial charge in [0.1, 0.15) is 29.6 Å². The molecular weight excluding hydrogens is 673 g/mol. The number of aromatic nitrogens is 6. The van der Waals surface area contributed by atoms with E-state index in [0.29, 0.717) is 74.2 Å². The summed E-state index contributed by atoms with van der Waals surface area (Å²) in [5.74, 6) is 3.55. The van der Waals surface area contributed by atoms with Gasteiger partial charge in [-0.05, 0) is 48.6 Å². The van der Waals surface area contributed by atoms with Crippen molar-refractivity contribution in [1.82, 2.24) is 29.1 Å². The lowest BCUT2D eigenvalue weighted by Crippen LogP contribution is -2.38. The topological polar surface area (TPSA) is 104 Å². The van der Waals surface area contributed by atoms with Crippen LogP contribution in [-0.2, 0) is 35.7 Å². The molecule has 50 heavy (non-hydrogen) atoms. The fraction of sp³-hybridized carbons (Fsp3) is 0.471. The van der Waals surface area contributed by atoms with Gasteiger partial charge in [-0.1, -0.05) is 18.2 Å². The van der Waals surface area contributed by atoms with Gasteiger partial charge in [0.05, 0.1) is 58.7 Å². The third-order valence-electron chi connectivity index (χ3n) is 8.35. The Balaban J connectivity index is 1.48. The number of benzene rings is 2. The van der Waals surface area contributed by atoms with E-state index in [2.05, 4.69) is 28.8 Å². The molecule has 12 nitrogen and oxygen atoms in total. The maximum absolute atomic E-state index is 13.7. The van der Waals surface area contributed by atoms with Crippen LogP contribution >= 0.6 is 10.0 Å². The number of anilines is 2. The first-order valence-electron chi connectivity index (χ1n) is 16.2. The van der Waals surface area contributed by atoms with Crippen molar-refractivity contribution in [2.45, 2.75) is 32.4 Å². The second kappa shape index (κ2) is 14.9. The second-order valence-corrected chi connectivity index (χ2v) is 17.5. The summed E-state index contributed by atoms with van der Waals surface area (Å²) < 4.78 is 67.4. The smallest absolute Gasteiger partial charge is 0.393 e. The summed E-state index contributed by atoms with van der Waals surface area (Å²) in [4.78, 5) is 18.5. The molecule has 0 amide bonds. The Morgan fingerprint density at radius 3 is 2.38 bits per heavy atom. The number of methoxy groups -OCH3 is 2. The average molecular weight is 717 g/mol. The van der Waals surface area contributed by atoms with Gasteiger partial charge in [-0.3, -0.25) is 0 Å². The number of nitrogens with zero attached hydrogens (tertiary/aromatic N) is 8. The molecule has 1 aliphatic rings.